The number of methoxy groups -OCH3 is 1. The first-order valence-corrected chi connectivity index (χ1v) is 6.53. The van der Waals surface area contributed by atoms with E-state index in [1.165, 1.54) is 0 Å². The highest BCUT2D eigenvalue weighted by Crippen LogP contribution is 2.17. The van der Waals surface area contributed by atoms with Crippen molar-refractivity contribution in [1.29, 1.82) is 0 Å². The molecule has 5 nitrogen and oxygen atoms in total. The maximum absolute atomic E-state index is 11.8. The molecule has 0 spiro atoms. The smallest absolute Gasteiger partial charge is 0.317 e. The molecular formula is C14H20N2O3. The van der Waals surface area contributed by atoms with E-state index in [0.717, 1.165) is 18.7 Å². The Morgan fingerprint density at radius 1 is 1.42 bits per heavy atom. The summed E-state index contributed by atoms with van der Waals surface area (Å²) in [6.07, 6.45) is 0.947. The highest BCUT2D eigenvalue weighted by atomic mass is 16.5. The molecule has 19 heavy (non-hydrogen) atoms. The van der Waals surface area contributed by atoms with Crippen molar-refractivity contribution in [1.82, 2.24) is 10.2 Å². The molecule has 1 aromatic carbocycles. The van der Waals surface area contributed by atoms with Gasteiger partial charge in [-0.2, -0.15) is 0 Å². The zero-order valence-electron chi connectivity index (χ0n) is 11.2. The Morgan fingerprint density at radius 2 is 2.21 bits per heavy atom. The number of hydrogen-bond acceptors (Lipinski definition) is 3. The van der Waals surface area contributed by atoms with Crippen molar-refractivity contribution >= 4 is 6.03 Å². The van der Waals surface area contributed by atoms with Crippen LogP contribution in [0.1, 0.15) is 6.42 Å². The van der Waals surface area contributed by atoms with Crippen molar-refractivity contribution in [3.05, 3.63) is 30.3 Å². The number of benzene rings is 1. The number of para-hydroxylation sites is 1. The zero-order chi connectivity index (χ0) is 13.5. The van der Waals surface area contributed by atoms with Crippen LogP contribution in [0.15, 0.2) is 30.3 Å². The van der Waals surface area contributed by atoms with E-state index in [1.54, 1.807) is 12.0 Å². The van der Waals surface area contributed by atoms with Crippen molar-refractivity contribution in [2.75, 3.05) is 33.4 Å². The molecule has 1 fully saturated rings. The average molecular weight is 264 g/mol. The molecule has 104 valence electrons. The number of hydrogen-bond donors (Lipinski definition) is 1. The molecule has 0 saturated carbocycles. The fourth-order valence-electron chi connectivity index (χ4n) is 2.07. The van der Waals surface area contributed by atoms with E-state index >= 15 is 0 Å². The van der Waals surface area contributed by atoms with Gasteiger partial charge in [-0.3, -0.25) is 0 Å². The first-order chi connectivity index (χ1) is 9.29. The Bertz CT molecular complexity index is 397. The summed E-state index contributed by atoms with van der Waals surface area (Å²) in [7, 11) is 1.62. The van der Waals surface area contributed by atoms with Crippen LogP contribution in [0.3, 0.4) is 0 Å². The van der Waals surface area contributed by atoms with Crippen LogP contribution in [0.25, 0.3) is 0 Å². The minimum absolute atomic E-state index is 0.0452. The number of likely N-dealkylation sites (tertiary alicyclic amines) is 1. The van der Waals surface area contributed by atoms with E-state index < -0.39 is 0 Å². The van der Waals surface area contributed by atoms with Crippen LogP contribution < -0.4 is 10.1 Å². The highest BCUT2D eigenvalue weighted by molar-refractivity contribution is 5.74. The van der Waals surface area contributed by atoms with Gasteiger partial charge in [-0.15, -0.1) is 0 Å². The van der Waals surface area contributed by atoms with E-state index in [1.807, 2.05) is 30.3 Å². The van der Waals surface area contributed by atoms with Gasteiger partial charge in [0.15, 0.2) is 0 Å². The average Bonchev–Trinajstić information content (AvgIpc) is 2.89. The first-order valence-electron chi connectivity index (χ1n) is 6.53. The van der Waals surface area contributed by atoms with Crippen LogP contribution in [-0.2, 0) is 4.74 Å². The lowest BCUT2D eigenvalue weighted by atomic mass is 10.3. The minimum Gasteiger partial charge on any atom is -0.489 e. The Labute approximate surface area is 113 Å². The third kappa shape index (κ3) is 4.13. The number of rotatable bonds is 5. The Hall–Kier alpha value is -1.75. The normalized spacial score (nSPS) is 18.4. The molecule has 0 radical (unpaired) electrons. The largest absolute Gasteiger partial charge is 0.489 e. The Balaban J connectivity index is 1.75. The summed E-state index contributed by atoms with van der Waals surface area (Å²) >= 11 is 0. The van der Waals surface area contributed by atoms with Crippen molar-refractivity contribution in [2.24, 2.45) is 0 Å². The van der Waals surface area contributed by atoms with Gasteiger partial charge in [0.05, 0.1) is 13.2 Å². The molecule has 0 aliphatic carbocycles. The Kier molecular flexibility index (Phi) is 5.03. The number of nitrogens with zero attached hydrogens (tertiary/aromatic N) is 1. The van der Waals surface area contributed by atoms with Crippen LogP contribution in [0.2, 0.25) is 0 Å². The van der Waals surface area contributed by atoms with E-state index in [4.69, 9.17) is 9.47 Å². The molecule has 2 rings (SSSR count). The molecule has 1 atom stereocenters. The molecular weight excluding hydrogens is 244 g/mol. The number of carbonyl (C=O) groups is 1. The fourth-order valence-corrected chi connectivity index (χ4v) is 2.07. The first kappa shape index (κ1) is 13.7. The quantitative estimate of drug-likeness (QED) is 0.820. The van der Waals surface area contributed by atoms with E-state index in [9.17, 15) is 4.79 Å². The molecule has 1 N–H and O–H groups in total. The molecule has 1 aliphatic rings. The monoisotopic (exact) mass is 264 g/mol. The van der Waals surface area contributed by atoms with Gasteiger partial charge in [0.2, 0.25) is 0 Å². The van der Waals surface area contributed by atoms with Crippen molar-refractivity contribution in [3.8, 4) is 5.75 Å². The van der Waals surface area contributed by atoms with Gasteiger partial charge in [-0.25, -0.2) is 4.79 Å². The van der Waals surface area contributed by atoms with Crippen molar-refractivity contribution in [2.45, 2.75) is 12.5 Å². The van der Waals surface area contributed by atoms with Gasteiger partial charge in [0.25, 0.3) is 0 Å². The van der Waals surface area contributed by atoms with Crippen LogP contribution in [0, 0.1) is 0 Å². The SMILES string of the molecule is COCCNC(=O)N1CC[C@@H](Oc2ccccc2)C1. The number of urea groups is 1. The van der Waals surface area contributed by atoms with Crippen LogP contribution >= 0.6 is 0 Å². The van der Waals surface area contributed by atoms with E-state index in [-0.39, 0.29) is 12.1 Å². The highest BCUT2D eigenvalue weighted by Gasteiger charge is 2.27. The lowest BCUT2D eigenvalue weighted by molar-refractivity contribution is 0.176. The summed E-state index contributed by atoms with van der Waals surface area (Å²) in [5, 5.41) is 2.82. The second kappa shape index (κ2) is 6.99. The second-order valence-electron chi connectivity index (χ2n) is 4.51. The minimum atomic E-state index is -0.0452. The third-order valence-corrected chi connectivity index (χ3v) is 3.06. The zero-order valence-corrected chi connectivity index (χ0v) is 11.2. The molecule has 0 unspecified atom stereocenters. The summed E-state index contributed by atoms with van der Waals surface area (Å²) in [6.45, 7) is 2.43. The van der Waals surface area contributed by atoms with Gasteiger partial charge in [-0.1, -0.05) is 18.2 Å². The molecule has 1 aliphatic heterocycles. The van der Waals surface area contributed by atoms with Gasteiger partial charge in [0.1, 0.15) is 11.9 Å². The topological polar surface area (TPSA) is 50.8 Å². The van der Waals surface area contributed by atoms with Gasteiger partial charge in [-0.05, 0) is 12.1 Å². The maximum atomic E-state index is 11.8. The lowest BCUT2D eigenvalue weighted by Gasteiger charge is -2.17. The number of amides is 2. The summed E-state index contributed by atoms with van der Waals surface area (Å²) < 4.78 is 10.7. The fraction of sp³-hybridized carbons (Fsp3) is 0.500. The summed E-state index contributed by atoms with van der Waals surface area (Å²) in [4.78, 5) is 13.6. The van der Waals surface area contributed by atoms with Crippen molar-refractivity contribution < 1.29 is 14.3 Å². The van der Waals surface area contributed by atoms with Gasteiger partial charge >= 0.3 is 6.03 Å². The molecule has 2 amide bonds. The van der Waals surface area contributed by atoms with E-state index in [2.05, 4.69) is 5.32 Å². The predicted octanol–water partition coefficient (Wildman–Crippen LogP) is 1.50. The predicted molar refractivity (Wildman–Crippen MR) is 72.3 cm³/mol. The van der Waals surface area contributed by atoms with Gasteiger partial charge < -0.3 is 19.7 Å². The van der Waals surface area contributed by atoms with Crippen LogP contribution in [-0.4, -0.2) is 50.4 Å². The van der Waals surface area contributed by atoms with E-state index in [0.29, 0.717) is 19.7 Å². The molecule has 0 aromatic heterocycles. The molecule has 0 bridgehead atoms. The summed E-state index contributed by atoms with van der Waals surface area (Å²) in [5.74, 6) is 0.856. The van der Waals surface area contributed by atoms with Gasteiger partial charge in [0, 0.05) is 26.6 Å². The summed E-state index contributed by atoms with van der Waals surface area (Å²) in [5.41, 5.74) is 0. The number of ether oxygens (including phenoxy) is 2. The molecule has 1 aromatic rings. The lowest BCUT2D eigenvalue weighted by Crippen LogP contribution is -2.40. The maximum Gasteiger partial charge on any atom is 0.317 e. The molecule has 1 saturated heterocycles. The van der Waals surface area contributed by atoms with Crippen molar-refractivity contribution in [3.63, 3.8) is 0 Å². The summed E-state index contributed by atoms with van der Waals surface area (Å²) in [6, 6.07) is 9.66. The number of carbonyl (C=O) groups excluding carboxylic acids is 1. The Morgan fingerprint density at radius 3 is 2.95 bits per heavy atom. The molecule has 1 heterocycles. The van der Waals surface area contributed by atoms with Crippen LogP contribution in [0.4, 0.5) is 4.79 Å². The van der Waals surface area contributed by atoms with Crippen LogP contribution in [0.5, 0.6) is 5.75 Å². The standard InChI is InChI=1S/C14H20N2O3/c1-18-10-8-15-14(17)16-9-7-13(11-16)19-12-5-3-2-4-6-12/h2-6,13H,7-11H2,1H3,(H,15,17)/t13-/m1/s1. The molecule has 5 heteroatoms. The second-order valence-corrected chi connectivity index (χ2v) is 4.51. The third-order valence-electron chi connectivity index (χ3n) is 3.06. The number of nitrogens with one attached hydrogen (secondary N) is 1.